The van der Waals surface area contributed by atoms with E-state index in [0.29, 0.717) is 0 Å². The van der Waals surface area contributed by atoms with Crippen molar-refractivity contribution in [3.05, 3.63) is 46.5 Å². The van der Waals surface area contributed by atoms with E-state index in [2.05, 4.69) is 42.5 Å². The molecule has 0 unspecified atom stereocenters. The van der Waals surface area contributed by atoms with Gasteiger partial charge in [0.05, 0.1) is 0 Å². The molecule has 0 saturated heterocycles. The van der Waals surface area contributed by atoms with Crippen molar-refractivity contribution in [1.82, 2.24) is 25.4 Å². The highest BCUT2D eigenvalue weighted by Gasteiger charge is 2.44. The second-order valence-corrected chi connectivity index (χ2v) is 8.32. The number of benzene rings is 1. The summed E-state index contributed by atoms with van der Waals surface area (Å²) in [4.78, 5) is 4.38. The van der Waals surface area contributed by atoms with Gasteiger partial charge >= 0.3 is 0 Å². The molecule has 2 heterocycles. The average molecular weight is 401 g/mol. The van der Waals surface area contributed by atoms with E-state index >= 15 is 0 Å². The van der Waals surface area contributed by atoms with Crippen LogP contribution in [0.25, 0.3) is 0 Å². The zero-order valence-corrected chi connectivity index (χ0v) is 17.3. The number of aryl methyl sites for hydroxylation is 1. The van der Waals surface area contributed by atoms with E-state index in [9.17, 15) is 0 Å². The van der Waals surface area contributed by atoms with Crippen LogP contribution in [-0.2, 0) is 24.8 Å². The molecule has 1 fully saturated rings. The summed E-state index contributed by atoms with van der Waals surface area (Å²) in [6.07, 6.45) is 8.00. The summed E-state index contributed by atoms with van der Waals surface area (Å²) >= 11 is 6.18. The first-order valence-electron chi connectivity index (χ1n) is 10.3. The molecule has 150 valence electrons. The molecular weight excluding hydrogens is 372 g/mol. The molecule has 28 heavy (non-hydrogen) atoms. The molecule has 1 aromatic carbocycles. The van der Waals surface area contributed by atoms with Gasteiger partial charge in [-0.05, 0) is 43.4 Å². The number of aliphatic imine (C=N–C) groups is 1. The van der Waals surface area contributed by atoms with Crippen molar-refractivity contribution in [2.75, 3.05) is 20.1 Å². The zero-order valence-electron chi connectivity index (χ0n) is 16.5. The zero-order chi connectivity index (χ0) is 19.4. The van der Waals surface area contributed by atoms with Gasteiger partial charge in [0, 0.05) is 50.0 Å². The monoisotopic (exact) mass is 400 g/mol. The van der Waals surface area contributed by atoms with Crippen molar-refractivity contribution in [1.29, 1.82) is 0 Å². The van der Waals surface area contributed by atoms with Gasteiger partial charge in [-0.15, -0.1) is 10.2 Å². The minimum atomic E-state index is 0.187. The fraction of sp³-hybridized carbons (Fsp3) is 0.571. The molecule has 4 rings (SSSR count). The molecule has 2 aliphatic rings. The van der Waals surface area contributed by atoms with Gasteiger partial charge < -0.3 is 15.2 Å². The van der Waals surface area contributed by atoms with Crippen molar-refractivity contribution < 1.29 is 0 Å². The molecule has 0 spiro atoms. The minimum Gasteiger partial charge on any atom is -0.356 e. The highest BCUT2D eigenvalue weighted by molar-refractivity contribution is 6.30. The standard InChI is InChI=1S/C21H29ClN6/c1-23-20(25-15-21(10-11-21)16-6-5-7-17(22)14-16)24-12-9-19-27-26-18-8-3-2-4-13-28(18)19/h5-7,14H,2-4,8-13,15H2,1H3,(H2,23,24,25). The van der Waals surface area contributed by atoms with Crippen molar-refractivity contribution in [2.45, 2.75) is 56.9 Å². The average Bonchev–Trinajstić information content (AvgIpc) is 3.46. The van der Waals surface area contributed by atoms with E-state index in [1.165, 1.54) is 37.7 Å². The van der Waals surface area contributed by atoms with Crippen LogP contribution in [0.15, 0.2) is 29.3 Å². The molecule has 1 aromatic heterocycles. The van der Waals surface area contributed by atoms with Crippen LogP contribution in [0.1, 0.15) is 49.3 Å². The predicted molar refractivity (Wildman–Crippen MR) is 113 cm³/mol. The Hall–Kier alpha value is -2.08. The van der Waals surface area contributed by atoms with Gasteiger partial charge in [-0.3, -0.25) is 4.99 Å². The lowest BCUT2D eigenvalue weighted by molar-refractivity contribution is 0.598. The molecule has 1 aliphatic heterocycles. The highest BCUT2D eigenvalue weighted by Crippen LogP contribution is 2.48. The third-order valence-electron chi connectivity index (χ3n) is 5.94. The lowest BCUT2D eigenvalue weighted by atomic mass is 9.96. The molecule has 1 saturated carbocycles. The van der Waals surface area contributed by atoms with Crippen LogP contribution in [0.4, 0.5) is 0 Å². The van der Waals surface area contributed by atoms with E-state index in [-0.39, 0.29) is 5.41 Å². The van der Waals surface area contributed by atoms with Crippen molar-refractivity contribution in [3.8, 4) is 0 Å². The SMILES string of the molecule is CN=C(NCCc1nnc2n1CCCCC2)NCC1(c2cccc(Cl)c2)CC1. The van der Waals surface area contributed by atoms with Gasteiger partial charge in [0.2, 0.25) is 0 Å². The number of rotatable bonds is 6. The number of nitrogens with zero attached hydrogens (tertiary/aromatic N) is 4. The molecule has 0 atom stereocenters. The van der Waals surface area contributed by atoms with E-state index in [1.807, 2.05) is 19.2 Å². The topological polar surface area (TPSA) is 67.1 Å². The highest BCUT2D eigenvalue weighted by atomic mass is 35.5. The lowest BCUT2D eigenvalue weighted by Crippen LogP contribution is -2.42. The predicted octanol–water partition coefficient (Wildman–Crippen LogP) is 3.10. The number of halogens is 1. The maximum Gasteiger partial charge on any atom is 0.191 e. The van der Waals surface area contributed by atoms with E-state index in [0.717, 1.165) is 55.1 Å². The summed E-state index contributed by atoms with van der Waals surface area (Å²) in [7, 11) is 1.82. The third-order valence-corrected chi connectivity index (χ3v) is 6.17. The number of hydrogen-bond donors (Lipinski definition) is 2. The molecule has 0 bridgehead atoms. The van der Waals surface area contributed by atoms with E-state index in [4.69, 9.17) is 11.6 Å². The van der Waals surface area contributed by atoms with Crippen LogP contribution in [0.3, 0.4) is 0 Å². The quantitative estimate of drug-likeness (QED) is 0.577. The van der Waals surface area contributed by atoms with Gasteiger partial charge in [0.15, 0.2) is 5.96 Å². The fourth-order valence-corrected chi connectivity index (χ4v) is 4.22. The number of fused-ring (bicyclic) bond motifs is 1. The Morgan fingerprint density at radius 1 is 1.21 bits per heavy atom. The van der Waals surface area contributed by atoms with Gasteiger partial charge in [-0.25, -0.2) is 0 Å². The molecule has 6 nitrogen and oxygen atoms in total. The number of nitrogens with one attached hydrogen (secondary N) is 2. The normalized spacial score (nSPS) is 18.3. The third kappa shape index (κ3) is 4.32. The maximum atomic E-state index is 6.18. The van der Waals surface area contributed by atoms with Crippen LogP contribution in [0.5, 0.6) is 0 Å². The summed E-state index contributed by atoms with van der Waals surface area (Å²) < 4.78 is 2.31. The smallest absolute Gasteiger partial charge is 0.191 e. The Labute approximate surface area is 171 Å². The Morgan fingerprint density at radius 3 is 2.89 bits per heavy atom. The Morgan fingerprint density at radius 2 is 2.11 bits per heavy atom. The first-order chi connectivity index (χ1) is 13.7. The van der Waals surface area contributed by atoms with Gasteiger partial charge in [0.25, 0.3) is 0 Å². The Balaban J connectivity index is 1.28. The Kier molecular flexibility index (Phi) is 5.85. The molecular formula is C21H29ClN6. The van der Waals surface area contributed by atoms with Crippen LogP contribution in [-0.4, -0.2) is 40.9 Å². The fourth-order valence-electron chi connectivity index (χ4n) is 4.03. The molecule has 2 aromatic rings. The number of aromatic nitrogens is 3. The molecule has 0 radical (unpaired) electrons. The summed E-state index contributed by atoms with van der Waals surface area (Å²) in [5.74, 6) is 3.06. The first kappa shape index (κ1) is 19.2. The number of guanidine groups is 1. The van der Waals surface area contributed by atoms with Crippen molar-refractivity contribution >= 4 is 17.6 Å². The van der Waals surface area contributed by atoms with E-state index in [1.54, 1.807) is 0 Å². The second kappa shape index (κ2) is 8.52. The molecule has 7 heteroatoms. The maximum absolute atomic E-state index is 6.18. The van der Waals surface area contributed by atoms with Crippen molar-refractivity contribution in [3.63, 3.8) is 0 Å². The van der Waals surface area contributed by atoms with Crippen LogP contribution < -0.4 is 10.6 Å². The van der Waals surface area contributed by atoms with Crippen LogP contribution in [0.2, 0.25) is 5.02 Å². The van der Waals surface area contributed by atoms with Gasteiger partial charge in [0.1, 0.15) is 11.6 Å². The van der Waals surface area contributed by atoms with Gasteiger partial charge in [-0.2, -0.15) is 0 Å². The number of hydrogen-bond acceptors (Lipinski definition) is 3. The molecule has 0 amide bonds. The molecule has 2 N–H and O–H groups in total. The van der Waals surface area contributed by atoms with E-state index < -0.39 is 0 Å². The first-order valence-corrected chi connectivity index (χ1v) is 10.7. The lowest BCUT2D eigenvalue weighted by Gasteiger charge is -2.19. The molecule has 1 aliphatic carbocycles. The second-order valence-electron chi connectivity index (χ2n) is 7.89. The summed E-state index contributed by atoms with van der Waals surface area (Å²) in [5, 5.41) is 16.5. The van der Waals surface area contributed by atoms with Crippen molar-refractivity contribution in [2.24, 2.45) is 4.99 Å². The van der Waals surface area contributed by atoms with Gasteiger partial charge in [-0.1, -0.05) is 30.2 Å². The summed E-state index contributed by atoms with van der Waals surface area (Å²) in [5.41, 5.74) is 1.50. The van der Waals surface area contributed by atoms with Crippen LogP contribution >= 0.6 is 11.6 Å². The summed E-state index contributed by atoms with van der Waals surface area (Å²) in [6, 6.07) is 8.23. The minimum absolute atomic E-state index is 0.187. The van der Waals surface area contributed by atoms with Crippen LogP contribution in [0, 0.1) is 0 Å². The summed E-state index contributed by atoms with van der Waals surface area (Å²) in [6.45, 7) is 2.71. The largest absolute Gasteiger partial charge is 0.356 e. The Bertz CT molecular complexity index is 839.